The lowest BCUT2D eigenvalue weighted by molar-refractivity contribution is 0.332. The molecule has 0 spiro atoms. The Morgan fingerprint density at radius 1 is 0.524 bits per heavy atom. The first-order valence-electron chi connectivity index (χ1n) is 23.1. The number of benzene rings is 7. The summed E-state index contributed by atoms with van der Waals surface area (Å²) in [5, 5.41) is 2.68. The van der Waals surface area contributed by atoms with Gasteiger partial charge in [0.15, 0.2) is 0 Å². The molecule has 0 unspecified atom stereocenters. The van der Waals surface area contributed by atoms with Crippen molar-refractivity contribution in [1.29, 1.82) is 0 Å². The van der Waals surface area contributed by atoms with Crippen molar-refractivity contribution in [2.45, 2.75) is 111 Å². The maximum Gasteiger partial charge on any atom is 0.252 e. The Balaban J connectivity index is 1.16. The summed E-state index contributed by atoms with van der Waals surface area (Å²) in [6, 6.07) is 52.1. The lowest BCUT2D eigenvalue weighted by atomic mass is 9.33. The lowest BCUT2D eigenvalue weighted by Gasteiger charge is -2.46. The second kappa shape index (κ2) is 13.7. The van der Waals surface area contributed by atoms with Crippen molar-refractivity contribution in [3.8, 4) is 11.1 Å². The zero-order valence-corrected chi connectivity index (χ0v) is 39.8. The van der Waals surface area contributed by atoms with E-state index in [1.807, 2.05) is 11.3 Å². The fourth-order valence-corrected chi connectivity index (χ4v) is 12.3. The molecular weight excluding hydrogens is 780 g/mol. The molecule has 0 radical (unpaired) electrons. The number of hydrogen-bond acceptors (Lipinski definition) is 3. The summed E-state index contributed by atoms with van der Waals surface area (Å²) in [6.45, 7) is 26.2. The first-order valence-corrected chi connectivity index (χ1v) is 23.9. The van der Waals surface area contributed by atoms with Gasteiger partial charge in [0.25, 0.3) is 6.71 Å². The van der Waals surface area contributed by atoms with Crippen LogP contribution < -0.4 is 26.2 Å². The Morgan fingerprint density at radius 2 is 1.14 bits per heavy atom. The van der Waals surface area contributed by atoms with Gasteiger partial charge in [0.05, 0.1) is 0 Å². The maximum absolute atomic E-state index is 2.61. The van der Waals surface area contributed by atoms with Gasteiger partial charge in [0.1, 0.15) is 0 Å². The van der Waals surface area contributed by atoms with Crippen LogP contribution in [0.15, 0.2) is 133 Å². The van der Waals surface area contributed by atoms with Crippen LogP contribution in [0.5, 0.6) is 0 Å². The molecule has 0 atom stereocenters. The van der Waals surface area contributed by atoms with Gasteiger partial charge in [-0.2, -0.15) is 0 Å². The second-order valence-corrected chi connectivity index (χ2v) is 23.3. The third-order valence-electron chi connectivity index (χ3n) is 14.9. The molecule has 4 heteroatoms. The van der Waals surface area contributed by atoms with Crippen molar-refractivity contribution >= 4 is 88.7 Å². The van der Waals surface area contributed by atoms with Crippen molar-refractivity contribution in [3.63, 3.8) is 0 Å². The van der Waals surface area contributed by atoms with Gasteiger partial charge in [0, 0.05) is 54.3 Å². The van der Waals surface area contributed by atoms with Crippen molar-refractivity contribution in [2.24, 2.45) is 0 Å². The molecule has 7 aromatic carbocycles. The quantitative estimate of drug-likeness (QED) is 0.164. The van der Waals surface area contributed by atoms with E-state index in [4.69, 9.17) is 0 Å². The zero-order chi connectivity index (χ0) is 44.0. The molecule has 2 aliphatic heterocycles. The van der Waals surface area contributed by atoms with Crippen molar-refractivity contribution in [2.75, 3.05) is 9.80 Å². The number of aryl methyl sites for hydroxylation is 1. The Labute approximate surface area is 379 Å². The number of hydrogen-bond donors (Lipinski definition) is 0. The minimum Gasteiger partial charge on any atom is -0.311 e. The summed E-state index contributed by atoms with van der Waals surface area (Å²) >= 11 is 1.88. The number of nitrogens with zero attached hydrogens (tertiary/aromatic N) is 2. The molecule has 0 bridgehead atoms. The minimum absolute atomic E-state index is 0.00131. The average molecular weight is 839 g/mol. The topological polar surface area (TPSA) is 6.48 Å². The van der Waals surface area contributed by atoms with Gasteiger partial charge in [-0.3, -0.25) is 0 Å². The highest BCUT2D eigenvalue weighted by atomic mass is 32.1. The third-order valence-corrected chi connectivity index (χ3v) is 16.0. The Morgan fingerprint density at radius 3 is 1.86 bits per heavy atom. The summed E-state index contributed by atoms with van der Waals surface area (Å²) in [7, 11) is 0. The molecule has 3 aliphatic rings. The third kappa shape index (κ3) is 6.26. The molecule has 1 aliphatic carbocycles. The molecule has 63 heavy (non-hydrogen) atoms. The van der Waals surface area contributed by atoms with E-state index >= 15 is 0 Å². The van der Waals surface area contributed by atoms with Crippen LogP contribution in [0.4, 0.5) is 34.1 Å². The van der Waals surface area contributed by atoms with Crippen LogP contribution in [-0.2, 0) is 21.7 Å². The van der Waals surface area contributed by atoms with E-state index in [1.165, 1.54) is 122 Å². The van der Waals surface area contributed by atoms with Gasteiger partial charge in [-0.15, -0.1) is 11.3 Å². The molecular formula is C59H59BN2S. The van der Waals surface area contributed by atoms with Crippen LogP contribution in [-0.4, -0.2) is 6.71 Å². The van der Waals surface area contributed by atoms with Gasteiger partial charge in [-0.1, -0.05) is 142 Å². The first-order chi connectivity index (χ1) is 29.9. The number of rotatable bonds is 3. The largest absolute Gasteiger partial charge is 0.311 e. The Bertz CT molecular complexity index is 3170. The fraction of sp³-hybridized carbons (Fsp3) is 0.288. The van der Waals surface area contributed by atoms with Crippen LogP contribution in [0.25, 0.3) is 31.3 Å². The van der Waals surface area contributed by atoms with Crippen LogP contribution >= 0.6 is 11.3 Å². The van der Waals surface area contributed by atoms with Crippen molar-refractivity contribution in [1.82, 2.24) is 0 Å². The summed E-state index contributed by atoms with van der Waals surface area (Å²) in [5.74, 6) is 0. The average Bonchev–Trinajstić information content (AvgIpc) is 3.63. The molecule has 8 aromatic rings. The molecule has 0 N–H and O–H groups in total. The van der Waals surface area contributed by atoms with Gasteiger partial charge in [-0.05, 0) is 157 Å². The van der Waals surface area contributed by atoms with Crippen LogP contribution in [0.2, 0.25) is 0 Å². The van der Waals surface area contributed by atoms with E-state index in [0.717, 1.165) is 0 Å². The Kier molecular flexibility index (Phi) is 8.75. The fourth-order valence-electron chi connectivity index (χ4n) is 11.1. The van der Waals surface area contributed by atoms with E-state index in [9.17, 15) is 0 Å². The molecule has 0 saturated carbocycles. The smallest absolute Gasteiger partial charge is 0.252 e. The predicted molar refractivity (Wildman–Crippen MR) is 276 cm³/mol. The monoisotopic (exact) mass is 838 g/mol. The highest BCUT2D eigenvalue weighted by Crippen LogP contribution is 2.51. The van der Waals surface area contributed by atoms with Gasteiger partial charge >= 0.3 is 0 Å². The molecule has 2 nitrogen and oxygen atoms in total. The van der Waals surface area contributed by atoms with Crippen LogP contribution in [0.1, 0.15) is 110 Å². The molecule has 0 amide bonds. The van der Waals surface area contributed by atoms with E-state index in [0.29, 0.717) is 0 Å². The summed E-state index contributed by atoms with van der Waals surface area (Å²) in [5.41, 5.74) is 21.4. The van der Waals surface area contributed by atoms with Crippen LogP contribution in [0, 0.1) is 6.92 Å². The van der Waals surface area contributed by atoms with E-state index in [-0.39, 0.29) is 28.4 Å². The minimum atomic E-state index is -0.0138. The van der Waals surface area contributed by atoms with Gasteiger partial charge < -0.3 is 9.80 Å². The molecule has 3 heterocycles. The van der Waals surface area contributed by atoms with E-state index < -0.39 is 0 Å². The Hall–Kier alpha value is -5.58. The van der Waals surface area contributed by atoms with Gasteiger partial charge in [0.2, 0.25) is 0 Å². The van der Waals surface area contributed by atoms with Crippen molar-refractivity contribution in [3.05, 3.63) is 161 Å². The molecule has 0 saturated heterocycles. The predicted octanol–water partition coefficient (Wildman–Crippen LogP) is 15.1. The second-order valence-electron chi connectivity index (χ2n) is 22.2. The lowest BCUT2D eigenvalue weighted by Crippen LogP contribution is -2.61. The number of thiophene rings is 1. The van der Waals surface area contributed by atoms with E-state index in [1.54, 1.807) is 0 Å². The number of fused-ring (bicyclic) bond motifs is 8. The standard InChI is InChI=1S/C59H59BN2S/c1-36-31-50-55-51(32-36)62(41-25-26-44-45(35-41)59(10,11)30-29-58(44,8)9)48-28-22-38(56(2,3)4)33-47(48)60(55)46-27-21-39(57(5,6)7)34-49(46)61(50)40-23-19-37(20-24-40)42-16-14-18-53-54(42)43-15-12-13-17-52(43)63-53/h12-28,31-35H,29-30H2,1-11H3. The van der Waals surface area contributed by atoms with Crippen LogP contribution in [0.3, 0.4) is 0 Å². The SMILES string of the molecule is Cc1cc2c3c(c1)N(c1ccc(-c4cccc5sc6ccccc6c45)cc1)c1cc(C(C)(C)C)ccc1B3c1cc(C(C)(C)C)ccc1N2c1ccc2c(c1)C(C)(C)CCC2(C)C. The highest BCUT2D eigenvalue weighted by Gasteiger charge is 2.45. The first kappa shape index (κ1) is 40.2. The molecule has 1 aromatic heterocycles. The van der Waals surface area contributed by atoms with E-state index in [2.05, 4.69) is 219 Å². The molecule has 11 rings (SSSR count). The highest BCUT2D eigenvalue weighted by molar-refractivity contribution is 7.26. The van der Waals surface area contributed by atoms with Crippen molar-refractivity contribution < 1.29 is 0 Å². The summed E-state index contributed by atoms with van der Waals surface area (Å²) < 4.78 is 2.67. The van der Waals surface area contributed by atoms with Gasteiger partial charge in [-0.25, -0.2) is 0 Å². The molecule has 314 valence electrons. The normalized spacial score (nSPS) is 16.2. The summed E-state index contributed by atoms with van der Waals surface area (Å²) in [4.78, 5) is 5.20. The number of anilines is 6. The summed E-state index contributed by atoms with van der Waals surface area (Å²) in [6.07, 6.45) is 2.39. The zero-order valence-electron chi connectivity index (χ0n) is 39.0. The maximum atomic E-state index is 2.61. The molecule has 0 fully saturated rings.